The zero-order chi connectivity index (χ0) is 15.5. The molecule has 21 heavy (non-hydrogen) atoms. The van der Waals surface area contributed by atoms with Crippen molar-refractivity contribution >= 4 is 20.8 Å². The summed E-state index contributed by atoms with van der Waals surface area (Å²) in [5.74, 6) is 0.749. The zero-order valence-corrected chi connectivity index (χ0v) is 13.6. The Morgan fingerprint density at radius 2 is 1.95 bits per heavy atom. The molecule has 0 bridgehead atoms. The van der Waals surface area contributed by atoms with Gasteiger partial charge in [0.2, 0.25) is 0 Å². The molecule has 0 aliphatic heterocycles. The number of fused-ring (bicyclic) bond motifs is 1. The lowest BCUT2D eigenvalue weighted by Gasteiger charge is -2.17. The van der Waals surface area contributed by atoms with Crippen molar-refractivity contribution in [3.05, 3.63) is 36.1 Å². The van der Waals surface area contributed by atoms with Gasteiger partial charge in [0, 0.05) is 5.39 Å². The van der Waals surface area contributed by atoms with E-state index in [2.05, 4.69) is 12.2 Å². The zero-order valence-electron chi connectivity index (χ0n) is 12.8. The fourth-order valence-corrected chi connectivity index (χ4v) is 3.29. The molecule has 1 heterocycles. The highest BCUT2D eigenvalue weighted by Crippen LogP contribution is 2.25. The highest BCUT2D eigenvalue weighted by atomic mass is 32.2. The molecule has 0 aliphatic carbocycles. The van der Waals surface area contributed by atoms with Gasteiger partial charge in [0.05, 0.1) is 17.0 Å². The van der Waals surface area contributed by atoms with Crippen molar-refractivity contribution < 1.29 is 12.8 Å². The van der Waals surface area contributed by atoms with E-state index in [0.717, 1.165) is 23.9 Å². The van der Waals surface area contributed by atoms with Crippen LogP contribution in [0.1, 0.15) is 39.0 Å². The molecule has 2 rings (SSSR count). The molecule has 1 aromatic carbocycles. The van der Waals surface area contributed by atoms with Crippen LogP contribution in [0.4, 0.5) is 0 Å². The van der Waals surface area contributed by atoms with Gasteiger partial charge in [-0.2, -0.15) is 0 Å². The molecule has 0 aliphatic rings. The van der Waals surface area contributed by atoms with E-state index in [4.69, 9.17) is 4.42 Å². The van der Waals surface area contributed by atoms with Crippen LogP contribution in [0.5, 0.6) is 0 Å². The van der Waals surface area contributed by atoms with Crippen LogP contribution in [0.2, 0.25) is 0 Å². The van der Waals surface area contributed by atoms with Crippen molar-refractivity contribution in [2.75, 3.05) is 12.3 Å². The Hall–Kier alpha value is -1.33. The Bertz CT molecular complexity index is 655. The number of sulfone groups is 1. The number of hydrogen-bond donors (Lipinski definition) is 1. The van der Waals surface area contributed by atoms with Crippen molar-refractivity contribution in [1.29, 1.82) is 0 Å². The molecule has 4 nitrogen and oxygen atoms in total. The molecule has 5 heteroatoms. The van der Waals surface area contributed by atoms with Gasteiger partial charge in [-0.3, -0.25) is 0 Å². The summed E-state index contributed by atoms with van der Waals surface area (Å²) >= 11 is 0. The van der Waals surface area contributed by atoms with Gasteiger partial charge in [-0.1, -0.05) is 25.1 Å². The van der Waals surface area contributed by atoms with Crippen LogP contribution < -0.4 is 5.32 Å². The number of benzene rings is 1. The lowest BCUT2D eigenvalue weighted by Crippen LogP contribution is -2.31. The molecule has 0 saturated carbocycles. The van der Waals surface area contributed by atoms with E-state index in [0.29, 0.717) is 5.76 Å². The third kappa shape index (κ3) is 3.86. The number of rotatable bonds is 7. The standard InChI is InChI=1S/C16H23NO3S/c1-4-9-17-14(11-21(18,19)12(2)3)16-10-13-7-5-6-8-15(13)20-16/h5-8,10,12,14,17H,4,9,11H2,1-3H3. The van der Waals surface area contributed by atoms with Crippen LogP contribution in [-0.2, 0) is 9.84 Å². The maximum atomic E-state index is 12.2. The number of nitrogens with one attached hydrogen (secondary N) is 1. The Morgan fingerprint density at radius 3 is 2.57 bits per heavy atom. The van der Waals surface area contributed by atoms with Gasteiger partial charge in [-0.15, -0.1) is 0 Å². The lowest BCUT2D eigenvalue weighted by molar-refractivity contribution is 0.448. The van der Waals surface area contributed by atoms with Gasteiger partial charge < -0.3 is 9.73 Å². The minimum absolute atomic E-state index is 0.0600. The van der Waals surface area contributed by atoms with Gasteiger partial charge in [-0.05, 0) is 38.9 Å². The van der Waals surface area contributed by atoms with Crippen molar-refractivity contribution in [3.8, 4) is 0 Å². The largest absolute Gasteiger partial charge is 0.459 e. The summed E-state index contributed by atoms with van der Waals surface area (Å²) in [4.78, 5) is 0. The molecule has 0 amide bonds. The predicted molar refractivity (Wildman–Crippen MR) is 86.2 cm³/mol. The number of hydrogen-bond acceptors (Lipinski definition) is 4. The second kappa shape index (κ2) is 6.62. The average Bonchev–Trinajstić information content (AvgIpc) is 2.86. The third-order valence-electron chi connectivity index (χ3n) is 3.55. The normalized spacial score (nSPS) is 13.9. The van der Waals surface area contributed by atoms with Crippen LogP contribution in [-0.4, -0.2) is 26.0 Å². The van der Waals surface area contributed by atoms with Crippen LogP contribution in [0.3, 0.4) is 0 Å². The maximum Gasteiger partial charge on any atom is 0.154 e. The van der Waals surface area contributed by atoms with Crippen molar-refractivity contribution in [1.82, 2.24) is 5.32 Å². The molecular formula is C16H23NO3S. The summed E-state index contributed by atoms with van der Waals surface area (Å²) in [5.41, 5.74) is 0.790. The Labute approximate surface area is 126 Å². The van der Waals surface area contributed by atoms with Crippen LogP contribution >= 0.6 is 0 Å². The summed E-state index contributed by atoms with van der Waals surface area (Å²) in [6.07, 6.45) is 0.943. The van der Waals surface area contributed by atoms with E-state index in [-0.39, 0.29) is 17.0 Å². The minimum atomic E-state index is -3.14. The van der Waals surface area contributed by atoms with E-state index < -0.39 is 9.84 Å². The molecule has 116 valence electrons. The van der Waals surface area contributed by atoms with Crippen LogP contribution in [0.25, 0.3) is 11.0 Å². The second-order valence-electron chi connectivity index (χ2n) is 5.57. The number of para-hydroxylation sites is 1. The molecule has 2 aromatic rings. The fraction of sp³-hybridized carbons (Fsp3) is 0.500. The highest BCUT2D eigenvalue weighted by molar-refractivity contribution is 7.92. The Kier molecular flexibility index (Phi) is 5.06. The van der Waals surface area contributed by atoms with E-state index >= 15 is 0 Å². The highest BCUT2D eigenvalue weighted by Gasteiger charge is 2.25. The third-order valence-corrected chi connectivity index (χ3v) is 5.78. The van der Waals surface area contributed by atoms with Crippen LogP contribution in [0.15, 0.2) is 34.7 Å². The van der Waals surface area contributed by atoms with Gasteiger partial charge >= 0.3 is 0 Å². The van der Waals surface area contributed by atoms with Gasteiger partial charge in [-0.25, -0.2) is 8.42 Å². The summed E-state index contributed by atoms with van der Waals surface area (Å²) < 4.78 is 30.2. The summed E-state index contributed by atoms with van der Waals surface area (Å²) in [6.45, 7) is 6.24. The van der Waals surface area contributed by atoms with Gasteiger partial charge in [0.25, 0.3) is 0 Å². The average molecular weight is 309 g/mol. The Balaban J connectivity index is 2.30. The lowest BCUT2D eigenvalue weighted by atomic mass is 10.2. The van der Waals surface area contributed by atoms with E-state index in [1.54, 1.807) is 13.8 Å². The molecule has 1 atom stereocenters. The van der Waals surface area contributed by atoms with Crippen molar-refractivity contribution in [3.63, 3.8) is 0 Å². The van der Waals surface area contributed by atoms with Crippen LogP contribution in [0, 0.1) is 0 Å². The minimum Gasteiger partial charge on any atom is -0.459 e. The first-order valence-corrected chi connectivity index (χ1v) is 9.09. The first-order chi connectivity index (χ1) is 9.94. The SMILES string of the molecule is CCCNC(CS(=O)(=O)C(C)C)c1cc2ccccc2o1. The molecule has 0 fully saturated rings. The summed E-state index contributed by atoms with van der Waals surface area (Å²) in [6, 6.07) is 9.35. The Morgan fingerprint density at radius 1 is 1.24 bits per heavy atom. The molecule has 1 N–H and O–H groups in total. The first-order valence-electron chi connectivity index (χ1n) is 7.37. The monoisotopic (exact) mass is 309 g/mol. The fourth-order valence-electron chi connectivity index (χ4n) is 2.16. The second-order valence-corrected chi connectivity index (χ2v) is 8.17. The molecule has 0 spiro atoms. The predicted octanol–water partition coefficient (Wildman–Crippen LogP) is 3.30. The quantitative estimate of drug-likeness (QED) is 0.852. The summed E-state index contributed by atoms with van der Waals surface area (Å²) in [5, 5.41) is 3.90. The molecule has 0 radical (unpaired) electrons. The summed E-state index contributed by atoms with van der Waals surface area (Å²) in [7, 11) is -3.14. The molecular weight excluding hydrogens is 286 g/mol. The molecule has 1 aromatic heterocycles. The molecule has 0 saturated heterocycles. The van der Waals surface area contributed by atoms with Crippen molar-refractivity contribution in [2.45, 2.75) is 38.5 Å². The van der Waals surface area contributed by atoms with Crippen molar-refractivity contribution in [2.24, 2.45) is 0 Å². The first kappa shape index (κ1) is 16.0. The van der Waals surface area contributed by atoms with E-state index in [9.17, 15) is 8.42 Å². The maximum absolute atomic E-state index is 12.2. The van der Waals surface area contributed by atoms with Gasteiger partial charge in [0.15, 0.2) is 9.84 Å². The number of furan rings is 1. The van der Waals surface area contributed by atoms with E-state index in [1.165, 1.54) is 0 Å². The van der Waals surface area contributed by atoms with E-state index in [1.807, 2.05) is 30.3 Å². The van der Waals surface area contributed by atoms with Gasteiger partial charge in [0.1, 0.15) is 11.3 Å². The topological polar surface area (TPSA) is 59.3 Å². The smallest absolute Gasteiger partial charge is 0.154 e. The molecule has 1 unspecified atom stereocenters.